The van der Waals surface area contributed by atoms with Crippen LogP contribution < -0.4 is 21.1 Å². The number of hydrogen-bond acceptors (Lipinski definition) is 5. The maximum Gasteiger partial charge on any atom is 0.293 e. The fourth-order valence-corrected chi connectivity index (χ4v) is 4.38. The van der Waals surface area contributed by atoms with E-state index in [4.69, 9.17) is 0 Å². The molecule has 0 aliphatic heterocycles. The van der Waals surface area contributed by atoms with Crippen molar-refractivity contribution in [1.82, 2.24) is 9.55 Å². The van der Waals surface area contributed by atoms with Gasteiger partial charge in [0.2, 0.25) is 0 Å². The molecular weight excluding hydrogens is 474 g/mol. The number of nitrogens with zero attached hydrogens (tertiary/aromatic N) is 3. The van der Waals surface area contributed by atoms with Gasteiger partial charge in [-0.15, -0.1) is 0 Å². The zero-order valence-corrected chi connectivity index (χ0v) is 22.7. The van der Waals surface area contributed by atoms with Gasteiger partial charge in [0.05, 0.1) is 5.69 Å². The van der Waals surface area contributed by atoms with Crippen LogP contribution in [-0.2, 0) is 13.5 Å². The third-order valence-electron chi connectivity index (χ3n) is 6.62. The number of aryl methyl sites for hydroxylation is 2. The minimum absolute atomic E-state index is 0.131. The molecule has 7 nitrogen and oxygen atoms in total. The Kier molecular flexibility index (Phi) is 8.26. The van der Waals surface area contributed by atoms with E-state index in [2.05, 4.69) is 22.5 Å². The smallest absolute Gasteiger partial charge is 0.293 e. The average Bonchev–Trinajstić information content (AvgIpc) is 2.91. The zero-order chi connectivity index (χ0) is 27.2. The third kappa shape index (κ3) is 5.94. The lowest BCUT2D eigenvalue weighted by molar-refractivity contribution is 0.102. The van der Waals surface area contributed by atoms with E-state index >= 15 is 0 Å². The van der Waals surface area contributed by atoms with Crippen LogP contribution in [0, 0.1) is 6.92 Å². The largest absolute Gasteiger partial charge is 0.378 e. The standard InChI is InChI=1S/C31H35N5O2/c1-6-7-12-22-13-8-9-16-26(22)30(37)34-27-18-11-17-25(21(27)2)28-20-36(5)31(38)29(33-28)32-23-14-10-15-24(19-23)35(3)4/h8-11,13-20H,6-7,12H2,1-5H3,(H,32,33)(H,34,37). The number of benzene rings is 3. The van der Waals surface area contributed by atoms with E-state index in [9.17, 15) is 9.59 Å². The molecule has 0 aliphatic carbocycles. The zero-order valence-electron chi connectivity index (χ0n) is 22.7. The lowest BCUT2D eigenvalue weighted by Gasteiger charge is -2.16. The molecule has 2 N–H and O–H groups in total. The van der Waals surface area contributed by atoms with E-state index in [-0.39, 0.29) is 17.3 Å². The molecule has 196 valence electrons. The van der Waals surface area contributed by atoms with Gasteiger partial charge >= 0.3 is 0 Å². The Morgan fingerprint density at radius 3 is 2.55 bits per heavy atom. The van der Waals surface area contributed by atoms with Crippen LogP contribution in [0.3, 0.4) is 0 Å². The van der Waals surface area contributed by atoms with Crippen LogP contribution in [0.15, 0.2) is 77.7 Å². The summed E-state index contributed by atoms with van der Waals surface area (Å²) in [6.45, 7) is 4.10. The molecule has 1 aromatic heterocycles. The van der Waals surface area contributed by atoms with Gasteiger partial charge in [0.15, 0.2) is 5.82 Å². The van der Waals surface area contributed by atoms with E-state index < -0.39 is 0 Å². The fourth-order valence-electron chi connectivity index (χ4n) is 4.38. The van der Waals surface area contributed by atoms with E-state index in [0.29, 0.717) is 16.9 Å². The second-order valence-corrected chi connectivity index (χ2v) is 9.65. The van der Waals surface area contributed by atoms with Gasteiger partial charge in [0.25, 0.3) is 11.5 Å². The highest BCUT2D eigenvalue weighted by atomic mass is 16.1. The fraction of sp³-hybridized carbons (Fsp3) is 0.258. The maximum atomic E-state index is 13.2. The van der Waals surface area contributed by atoms with Gasteiger partial charge in [-0.2, -0.15) is 0 Å². The Morgan fingerprint density at radius 1 is 1.03 bits per heavy atom. The molecule has 38 heavy (non-hydrogen) atoms. The summed E-state index contributed by atoms with van der Waals surface area (Å²) in [5.74, 6) is 0.105. The van der Waals surface area contributed by atoms with Crippen LogP contribution >= 0.6 is 0 Å². The van der Waals surface area contributed by atoms with Crippen molar-refractivity contribution in [2.75, 3.05) is 29.6 Å². The molecule has 4 aromatic rings. The molecule has 1 amide bonds. The first-order valence-electron chi connectivity index (χ1n) is 12.9. The molecule has 0 unspecified atom stereocenters. The number of anilines is 4. The molecule has 0 saturated heterocycles. The number of unbranched alkanes of at least 4 members (excludes halogenated alkanes) is 1. The normalized spacial score (nSPS) is 10.8. The van der Waals surface area contributed by atoms with E-state index in [1.165, 1.54) is 4.57 Å². The predicted octanol–water partition coefficient (Wildman–Crippen LogP) is 6.16. The summed E-state index contributed by atoms with van der Waals surface area (Å²) in [4.78, 5) is 32.8. The van der Waals surface area contributed by atoms with Crippen LogP contribution in [0.25, 0.3) is 11.3 Å². The van der Waals surface area contributed by atoms with Crippen LogP contribution in [-0.4, -0.2) is 29.6 Å². The molecule has 7 heteroatoms. The SMILES string of the molecule is CCCCc1ccccc1C(=O)Nc1cccc(-c2cn(C)c(=O)c(Nc3cccc(N(C)C)c3)n2)c1C. The molecular formula is C31H35N5O2. The van der Waals surface area contributed by atoms with Crippen molar-refractivity contribution < 1.29 is 4.79 Å². The molecule has 0 bridgehead atoms. The van der Waals surface area contributed by atoms with Gasteiger partial charge < -0.3 is 20.1 Å². The van der Waals surface area contributed by atoms with Crippen LogP contribution in [0.4, 0.5) is 22.9 Å². The van der Waals surface area contributed by atoms with Crippen molar-refractivity contribution in [3.8, 4) is 11.3 Å². The summed E-state index contributed by atoms with van der Waals surface area (Å²) in [5, 5.41) is 6.28. The molecule has 1 heterocycles. The summed E-state index contributed by atoms with van der Waals surface area (Å²) in [7, 11) is 5.65. The molecule has 3 aromatic carbocycles. The topological polar surface area (TPSA) is 79.3 Å². The van der Waals surface area contributed by atoms with Crippen molar-refractivity contribution in [3.63, 3.8) is 0 Å². The highest BCUT2D eigenvalue weighted by Crippen LogP contribution is 2.29. The van der Waals surface area contributed by atoms with Crippen LogP contribution in [0.5, 0.6) is 0 Å². The Morgan fingerprint density at radius 2 is 1.79 bits per heavy atom. The lowest BCUT2D eigenvalue weighted by atomic mass is 10.0. The van der Waals surface area contributed by atoms with Gasteiger partial charge in [0, 0.05) is 55.5 Å². The second kappa shape index (κ2) is 11.8. The minimum atomic E-state index is -0.227. The van der Waals surface area contributed by atoms with Gasteiger partial charge in [0.1, 0.15) is 0 Å². The quantitative estimate of drug-likeness (QED) is 0.282. The maximum absolute atomic E-state index is 13.2. The summed E-state index contributed by atoms with van der Waals surface area (Å²) in [6.07, 6.45) is 4.70. The third-order valence-corrected chi connectivity index (χ3v) is 6.62. The van der Waals surface area contributed by atoms with Gasteiger partial charge in [-0.05, 0) is 61.2 Å². The number of nitrogens with one attached hydrogen (secondary N) is 2. The molecule has 0 aliphatic rings. The first-order valence-corrected chi connectivity index (χ1v) is 12.9. The Labute approximate surface area is 224 Å². The number of rotatable bonds is 9. The summed E-state index contributed by atoms with van der Waals surface area (Å²) >= 11 is 0. The molecule has 4 rings (SSSR count). The summed E-state index contributed by atoms with van der Waals surface area (Å²) < 4.78 is 1.52. The number of amides is 1. The monoisotopic (exact) mass is 509 g/mol. The van der Waals surface area contributed by atoms with Crippen molar-refractivity contribution >= 4 is 28.8 Å². The molecule has 0 spiro atoms. The number of aromatic nitrogens is 2. The minimum Gasteiger partial charge on any atom is -0.378 e. The Balaban J connectivity index is 1.65. The molecule has 0 radical (unpaired) electrons. The van der Waals surface area contributed by atoms with Crippen LogP contribution in [0.1, 0.15) is 41.3 Å². The van der Waals surface area contributed by atoms with Crippen molar-refractivity contribution in [2.24, 2.45) is 7.05 Å². The first kappa shape index (κ1) is 26.7. The Hall–Kier alpha value is -4.39. The Bertz CT molecular complexity index is 1510. The lowest BCUT2D eigenvalue weighted by Crippen LogP contribution is -2.21. The van der Waals surface area contributed by atoms with Crippen molar-refractivity contribution in [3.05, 3.63) is 100.0 Å². The van der Waals surface area contributed by atoms with E-state index in [1.54, 1.807) is 13.2 Å². The average molecular weight is 510 g/mol. The predicted molar refractivity (Wildman–Crippen MR) is 157 cm³/mol. The number of carbonyl (C=O) groups is 1. The molecule has 0 atom stereocenters. The highest BCUT2D eigenvalue weighted by molar-refractivity contribution is 6.06. The van der Waals surface area contributed by atoms with Crippen molar-refractivity contribution in [1.29, 1.82) is 0 Å². The van der Waals surface area contributed by atoms with E-state index in [1.807, 2.05) is 92.6 Å². The highest BCUT2D eigenvalue weighted by Gasteiger charge is 2.16. The first-order chi connectivity index (χ1) is 18.3. The molecule has 0 fully saturated rings. The van der Waals surface area contributed by atoms with Crippen molar-refractivity contribution in [2.45, 2.75) is 33.1 Å². The second-order valence-electron chi connectivity index (χ2n) is 9.65. The van der Waals surface area contributed by atoms with Gasteiger partial charge in [-0.25, -0.2) is 4.98 Å². The number of carbonyl (C=O) groups excluding carboxylic acids is 1. The van der Waals surface area contributed by atoms with Gasteiger partial charge in [-0.3, -0.25) is 9.59 Å². The van der Waals surface area contributed by atoms with Crippen LogP contribution in [0.2, 0.25) is 0 Å². The number of hydrogen-bond donors (Lipinski definition) is 2. The summed E-state index contributed by atoms with van der Waals surface area (Å²) in [5.41, 5.74) is 6.36. The van der Waals surface area contributed by atoms with Gasteiger partial charge in [-0.1, -0.05) is 49.7 Å². The van der Waals surface area contributed by atoms with E-state index in [0.717, 1.165) is 47.3 Å². The summed E-state index contributed by atoms with van der Waals surface area (Å²) in [6, 6.07) is 21.3. The molecule has 0 saturated carbocycles.